The smallest absolute Gasteiger partial charge is 0.305 e. The molecule has 1 aromatic carbocycles. The fourth-order valence-corrected chi connectivity index (χ4v) is 3.99. The fraction of sp³-hybridized carbons (Fsp3) is 0.650. The molecule has 3 heteroatoms. The molecule has 23 heavy (non-hydrogen) atoms. The summed E-state index contributed by atoms with van der Waals surface area (Å²) in [6.45, 7) is 2.36. The van der Waals surface area contributed by atoms with Crippen molar-refractivity contribution in [2.75, 3.05) is 20.7 Å². The molecule has 0 aliphatic heterocycles. The predicted octanol–water partition coefficient (Wildman–Crippen LogP) is 4.44. The first-order valence-electron chi connectivity index (χ1n) is 8.98. The third-order valence-corrected chi connectivity index (χ3v) is 5.10. The zero-order valence-corrected chi connectivity index (χ0v) is 14.8. The van der Waals surface area contributed by atoms with Crippen LogP contribution in [-0.2, 0) is 9.53 Å². The van der Waals surface area contributed by atoms with E-state index in [0.717, 1.165) is 6.42 Å². The van der Waals surface area contributed by atoms with Gasteiger partial charge >= 0.3 is 5.97 Å². The highest BCUT2D eigenvalue weighted by atomic mass is 16.5. The van der Waals surface area contributed by atoms with E-state index >= 15 is 0 Å². The van der Waals surface area contributed by atoms with Crippen LogP contribution in [0.5, 0.6) is 0 Å². The SMILES string of the molecule is CCOC(=O)CCC1CCC(C(c2ccccc2)N(C)C)CC1. The van der Waals surface area contributed by atoms with Crippen molar-refractivity contribution in [3.05, 3.63) is 35.9 Å². The van der Waals surface area contributed by atoms with E-state index in [9.17, 15) is 4.79 Å². The van der Waals surface area contributed by atoms with Crippen LogP contribution in [0.3, 0.4) is 0 Å². The van der Waals surface area contributed by atoms with Gasteiger partial charge < -0.3 is 9.64 Å². The summed E-state index contributed by atoms with van der Waals surface area (Å²) >= 11 is 0. The normalized spacial score (nSPS) is 22.8. The lowest BCUT2D eigenvalue weighted by Crippen LogP contribution is -2.30. The van der Waals surface area contributed by atoms with E-state index in [4.69, 9.17) is 4.74 Å². The van der Waals surface area contributed by atoms with Crippen molar-refractivity contribution in [2.24, 2.45) is 11.8 Å². The molecule has 1 aromatic rings. The monoisotopic (exact) mass is 317 g/mol. The second kappa shape index (κ2) is 9.07. The summed E-state index contributed by atoms with van der Waals surface area (Å²) in [5, 5.41) is 0. The quantitative estimate of drug-likeness (QED) is 0.696. The molecule has 0 heterocycles. The molecule has 0 saturated heterocycles. The Balaban J connectivity index is 1.86. The van der Waals surface area contributed by atoms with Crippen molar-refractivity contribution in [1.82, 2.24) is 4.90 Å². The largest absolute Gasteiger partial charge is 0.466 e. The molecular formula is C20H31NO2. The molecule has 1 aliphatic rings. The number of rotatable bonds is 7. The van der Waals surface area contributed by atoms with Crippen LogP contribution in [0.2, 0.25) is 0 Å². The van der Waals surface area contributed by atoms with E-state index in [-0.39, 0.29) is 5.97 Å². The standard InChI is InChI=1S/C20H31NO2/c1-4-23-19(22)15-12-16-10-13-18(14-11-16)20(21(2)3)17-8-6-5-7-9-17/h5-9,16,18,20H,4,10-15H2,1-3H3. The molecule has 128 valence electrons. The van der Waals surface area contributed by atoms with E-state index in [1.165, 1.54) is 31.2 Å². The summed E-state index contributed by atoms with van der Waals surface area (Å²) in [6, 6.07) is 11.4. The molecule has 0 N–H and O–H groups in total. The summed E-state index contributed by atoms with van der Waals surface area (Å²) in [4.78, 5) is 13.9. The Labute approximate surface area is 141 Å². The van der Waals surface area contributed by atoms with E-state index in [1.54, 1.807) is 0 Å². The van der Waals surface area contributed by atoms with E-state index in [1.807, 2.05) is 6.92 Å². The van der Waals surface area contributed by atoms with Crippen LogP contribution < -0.4 is 0 Å². The highest BCUT2D eigenvalue weighted by molar-refractivity contribution is 5.69. The van der Waals surface area contributed by atoms with Crippen molar-refractivity contribution in [3.63, 3.8) is 0 Å². The average molecular weight is 317 g/mol. The number of carbonyl (C=O) groups excluding carboxylic acids is 1. The first-order valence-corrected chi connectivity index (χ1v) is 8.98. The highest BCUT2D eigenvalue weighted by Gasteiger charge is 2.29. The van der Waals surface area contributed by atoms with Crippen LogP contribution in [-0.4, -0.2) is 31.6 Å². The summed E-state index contributed by atoms with van der Waals surface area (Å²) in [7, 11) is 4.37. The lowest BCUT2D eigenvalue weighted by Gasteiger charge is -2.37. The molecule has 1 atom stereocenters. The Morgan fingerprint density at radius 1 is 1.17 bits per heavy atom. The molecule has 2 rings (SSSR count). The Morgan fingerprint density at radius 2 is 1.83 bits per heavy atom. The van der Waals surface area contributed by atoms with Gasteiger partial charge in [0.25, 0.3) is 0 Å². The van der Waals surface area contributed by atoms with Crippen molar-refractivity contribution in [1.29, 1.82) is 0 Å². The van der Waals surface area contributed by atoms with Crippen LogP contribution >= 0.6 is 0 Å². The Hall–Kier alpha value is -1.35. The first-order chi connectivity index (χ1) is 11.1. The number of ether oxygens (including phenoxy) is 1. The molecule has 0 radical (unpaired) electrons. The van der Waals surface area contributed by atoms with Gasteiger partial charge in [-0.3, -0.25) is 4.79 Å². The third-order valence-electron chi connectivity index (χ3n) is 5.10. The van der Waals surface area contributed by atoms with Gasteiger partial charge in [-0.05, 0) is 57.7 Å². The third kappa shape index (κ3) is 5.35. The minimum absolute atomic E-state index is 0.0370. The second-order valence-electron chi connectivity index (χ2n) is 6.94. The molecule has 1 unspecified atom stereocenters. The van der Waals surface area contributed by atoms with Gasteiger partial charge in [0.2, 0.25) is 0 Å². The predicted molar refractivity (Wildman–Crippen MR) is 94.2 cm³/mol. The highest BCUT2D eigenvalue weighted by Crippen LogP contribution is 2.40. The van der Waals surface area contributed by atoms with E-state index < -0.39 is 0 Å². The van der Waals surface area contributed by atoms with Gasteiger partial charge in [-0.15, -0.1) is 0 Å². The lowest BCUT2D eigenvalue weighted by molar-refractivity contribution is -0.143. The van der Waals surface area contributed by atoms with Gasteiger partial charge in [0.15, 0.2) is 0 Å². The zero-order chi connectivity index (χ0) is 16.7. The van der Waals surface area contributed by atoms with Crippen LogP contribution in [0, 0.1) is 11.8 Å². The van der Waals surface area contributed by atoms with E-state index in [0.29, 0.717) is 30.9 Å². The summed E-state index contributed by atoms with van der Waals surface area (Å²) in [5.74, 6) is 1.37. The van der Waals surface area contributed by atoms with Crippen molar-refractivity contribution in [3.8, 4) is 0 Å². The van der Waals surface area contributed by atoms with Gasteiger partial charge in [-0.25, -0.2) is 0 Å². The van der Waals surface area contributed by atoms with Gasteiger partial charge in [0.1, 0.15) is 0 Å². The Kier molecular flexibility index (Phi) is 7.10. The maximum absolute atomic E-state index is 11.5. The Morgan fingerprint density at radius 3 is 2.39 bits per heavy atom. The fourth-order valence-electron chi connectivity index (χ4n) is 3.99. The van der Waals surface area contributed by atoms with Crippen LogP contribution in [0.4, 0.5) is 0 Å². The van der Waals surface area contributed by atoms with Crippen LogP contribution in [0.1, 0.15) is 57.1 Å². The minimum Gasteiger partial charge on any atom is -0.466 e. The van der Waals surface area contributed by atoms with Gasteiger partial charge in [-0.1, -0.05) is 43.2 Å². The molecule has 1 aliphatic carbocycles. The molecule has 0 bridgehead atoms. The average Bonchev–Trinajstić information content (AvgIpc) is 2.55. The number of benzene rings is 1. The van der Waals surface area contributed by atoms with Gasteiger partial charge in [-0.2, -0.15) is 0 Å². The van der Waals surface area contributed by atoms with Gasteiger partial charge in [0, 0.05) is 12.5 Å². The summed E-state index contributed by atoms with van der Waals surface area (Å²) < 4.78 is 5.04. The molecule has 1 fully saturated rings. The summed E-state index contributed by atoms with van der Waals surface area (Å²) in [5.41, 5.74) is 1.42. The van der Waals surface area contributed by atoms with Crippen LogP contribution in [0.15, 0.2) is 30.3 Å². The molecule has 1 saturated carbocycles. The van der Waals surface area contributed by atoms with Gasteiger partial charge in [0.05, 0.1) is 6.61 Å². The number of esters is 1. The lowest BCUT2D eigenvalue weighted by atomic mass is 9.75. The maximum Gasteiger partial charge on any atom is 0.305 e. The molecule has 0 spiro atoms. The molecule has 0 aromatic heterocycles. The number of hydrogen-bond acceptors (Lipinski definition) is 3. The summed E-state index contributed by atoms with van der Waals surface area (Å²) in [6.07, 6.45) is 6.56. The van der Waals surface area contributed by atoms with E-state index in [2.05, 4.69) is 49.3 Å². The first kappa shape index (κ1) is 18.0. The number of hydrogen-bond donors (Lipinski definition) is 0. The van der Waals surface area contributed by atoms with Crippen LogP contribution in [0.25, 0.3) is 0 Å². The molecule has 3 nitrogen and oxygen atoms in total. The topological polar surface area (TPSA) is 29.5 Å². The van der Waals surface area contributed by atoms with Crippen molar-refractivity contribution in [2.45, 2.75) is 51.5 Å². The Bertz CT molecular complexity index is 464. The second-order valence-corrected chi connectivity index (χ2v) is 6.94. The maximum atomic E-state index is 11.5. The number of nitrogens with zero attached hydrogens (tertiary/aromatic N) is 1. The number of carbonyl (C=O) groups is 1. The molecular weight excluding hydrogens is 286 g/mol. The zero-order valence-electron chi connectivity index (χ0n) is 14.8. The van der Waals surface area contributed by atoms with Crippen molar-refractivity contribution < 1.29 is 9.53 Å². The van der Waals surface area contributed by atoms with Crippen molar-refractivity contribution >= 4 is 5.97 Å². The minimum atomic E-state index is -0.0370. The molecule has 0 amide bonds.